The van der Waals surface area contributed by atoms with Gasteiger partial charge >= 0.3 is 0 Å². The van der Waals surface area contributed by atoms with Crippen LogP contribution in [-0.2, 0) is 6.54 Å². The van der Waals surface area contributed by atoms with E-state index in [9.17, 15) is 0 Å². The van der Waals surface area contributed by atoms with E-state index in [2.05, 4.69) is 49.1 Å². The van der Waals surface area contributed by atoms with Gasteiger partial charge in [-0.3, -0.25) is 9.97 Å². The van der Waals surface area contributed by atoms with Gasteiger partial charge in [0.15, 0.2) is 5.11 Å². The first-order valence-corrected chi connectivity index (χ1v) is 10.8. The van der Waals surface area contributed by atoms with Gasteiger partial charge in [-0.2, -0.15) is 0 Å². The number of hydrogen-bond donors (Lipinski definition) is 1. The molecule has 4 aromatic rings. The van der Waals surface area contributed by atoms with E-state index in [1.54, 1.807) is 13.3 Å². The molecule has 0 amide bonds. The van der Waals surface area contributed by atoms with E-state index < -0.39 is 0 Å². The molecule has 0 aliphatic carbocycles. The topological polar surface area (TPSA) is 55.2 Å². The van der Waals surface area contributed by atoms with Gasteiger partial charge in [-0.15, -0.1) is 0 Å². The summed E-state index contributed by atoms with van der Waals surface area (Å²) in [5.41, 5.74) is 4.24. The number of aromatic nitrogens is 3. The van der Waals surface area contributed by atoms with E-state index in [1.807, 2.05) is 60.9 Å². The zero-order valence-corrected chi connectivity index (χ0v) is 18.4. The van der Waals surface area contributed by atoms with Gasteiger partial charge in [0.2, 0.25) is 0 Å². The van der Waals surface area contributed by atoms with E-state index in [0.717, 1.165) is 34.9 Å². The zero-order valence-electron chi connectivity index (χ0n) is 17.6. The van der Waals surface area contributed by atoms with E-state index in [0.29, 0.717) is 5.11 Å². The Labute approximate surface area is 192 Å². The van der Waals surface area contributed by atoms with Gasteiger partial charge in [0, 0.05) is 42.7 Å². The number of anilines is 1. The van der Waals surface area contributed by atoms with Crippen molar-refractivity contribution in [3.05, 3.63) is 108 Å². The smallest absolute Gasteiger partial charge is 0.174 e. The van der Waals surface area contributed by atoms with Crippen LogP contribution in [0.15, 0.2) is 91.5 Å². The molecule has 0 radical (unpaired) electrons. The fourth-order valence-corrected chi connectivity index (χ4v) is 4.55. The first-order valence-electron chi connectivity index (χ1n) is 10.4. The Balaban J connectivity index is 1.59. The Morgan fingerprint density at radius 2 is 1.88 bits per heavy atom. The molecule has 6 nitrogen and oxygen atoms in total. The van der Waals surface area contributed by atoms with Crippen LogP contribution in [-0.4, -0.2) is 26.8 Å². The highest BCUT2D eigenvalue weighted by Gasteiger charge is 2.42. The Bertz CT molecular complexity index is 1190. The summed E-state index contributed by atoms with van der Waals surface area (Å²) in [6.07, 6.45) is 7.62. The summed E-state index contributed by atoms with van der Waals surface area (Å²) in [5, 5.41) is 4.19. The molecule has 2 atom stereocenters. The van der Waals surface area contributed by atoms with Gasteiger partial charge in [-0.05, 0) is 72.4 Å². The van der Waals surface area contributed by atoms with Crippen molar-refractivity contribution in [1.82, 2.24) is 19.9 Å². The predicted molar refractivity (Wildman–Crippen MR) is 129 cm³/mol. The average Bonchev–Trinajstić information content (AvgIpc) is 3.44. The molecule has 1 N–H and O–H groups in total. The molecule has 5 rings (SSSR count). The Morgan fingerprint density at radius 3 is 2.59 bits per heavy atom. The highest BCUT2D eigenvalue weighted by Crippen LogP contribution is 2.42. The molecule has 1 aliphatic heterocycles. The average molecular weight is 442 g/mol. The van der Waals surface area contributed by atoms with E-state index in [1.165, 1.54) is 0 Å². The molecule has 3 aromatic heterocycles. The van der Waals surface area contributed by atoms with Crippen LogP contribution in [0.5, 0.6) is 5.75 Å². The maximum atomic E-state index is 5.82. The minimum atomic E-state index is -0.0895. The fraction of sp³-hybridized carbons (Fsp3) is 0.160. The van der Waals surface area contributed by atoms with Crippen molar-refractivity contribution < 1.29 is 4.74 Å². The Kier molecular flexibility index (Phi) is 5.56. The summed E-state index contributed by atoms with van der Waals surface area (Å²) >= 11 is 5.82. The minimum absolute atomic E-state index is 0.0718. The largest absolute Gasteiger partial charge is 0.497 e. The van der Waals surface area contributed by atoms with Gasteiger partial charge in [-0.25, -0.2) is 0 Å². The number of benzene rings is 1. The van der Waals surface area contributed by atoms with Crippen LogP contribution in [0, 0.1) is 0 Å². The second-order valence-corrected chi connectivity index (χ2v) is 8.00. The number of nitrogens with zero attached hydrogens (tertiary/aromatic N) is 4. The van der Waals surface area contributed by atoms with Crippen molar-refractivity contribution in [3.8, 4) is 5.75 Å². The van der Waals surface area contributed by atoms with Gasteiger partial charge in [0.05, 0.1) is 18.8 Å². The minimum Gasteiger partial charge on any atom is -0.497 e. The van der Waals surface area contributed by atoms with Crippen molar-refractivity contribution in [2.45, 2.75) is 18.6 Å². The number of rotatable bonds is 6. The molecule has 1 saturated heterocycles. The molecule has 4 heterocycles. The van der Waals surface area contributed by atoms with E-state index in [-0.39, 0.29) is 12.1 Å². The molecule has 1 aliphatic rings. The monoisotopic (exact) mass is 441 g/mol. The number of thiocarbonyl (C=S) groups is 1. The quantitative estimate of drug-likeness (QED) is 0.444. The zero-order chi connectivity index (χ0) is 21.9. The second-order valence-electron chi connectivity index (χ2n) is 7.62. The third kappa shape index (κ3) is 3.83. The first-order chi connectivity index (χ1) is 15.7. The predicted octanol–water partition coefficient (Wildman–Crippen LogP) is 4.51. The molecule has 32 heavy (non-hydrogen) atoms. The lowest BCUT2D eigenvalue weighted by atomic mass is 10.0. The van der Waals surface area contributed by atoms with Crippen LogP contribution in [0.2, 0.25) is 0 Å². The second kappa shape index (κ2) is 8.80. The van der Waals surface area contributed by atoms with Gasteiger partial charge < -0.3 is 19.5 Å². The van der Waals surface area contributed by atoms with Crippen molar-refractivity contribution in [2.24, 2.45) is 0 Å². The SMILES string of the molecule is COc1ccc(N2C(=S)N[C@H](c3ccccn3)[C@H]2c2cccn2Cc2cccnc2)cc1. The fourth-order valence-electron chi connectivity index (χ4n) is 4.20. The molecule has 0 unspecified atom stereocenters. The summed E-state index contributed by atoms with van der Waals surface area (Å²) in [6, 6.07) is 22.1. The lowest BCUT2D eigenvalue weighted by molar-refractivity contribution is 0.415. The maximum absolute atomic E-state index is 5.82. The molecule has 1 fully saturated rings. The van der Waals surface area contributed by atoms with Crippen LogP contribution in [0.25, 0.3) is 0 Å². The van der Waals surface area contributed by atoms with Crippen molar-refractivity contribution in [2.75, 3.05) is 12.0 Å². The van der Waals surface area contributed by atoms with Crippen molar-refractivity contribution >= 4 is 23.0 Å². The number of nitrogens with one attached hydrogen (secondary N) is 1. The normalized spacial score (nSPS) is 17.9. The highest BCUT2D eigenvalue weighted by atomic mass is 32.1. The third-order valence-electron chi connectivity index (χ3n) is 5.69. The van der Waals surface area contributed by atoms with Crippen LogP contribution >= 0.6 is 12.2 Å². The summed E-state index contributed by atoms with van der Waals surface area (Å²) < 4.78 is 7.60. The van der Waals surface area contributed by atoms with Crippen molar-refractivity contribution in [3.63, 3.8) is 0 Å². The number of methoxy groups -OCH3 is 1. The lowest BCUT2D eigenvalue weighted by Gasteiger charge is -2.29. The Morgan fingerprint density at radius 1 is 1.00 bits per heavy atom. The summed E-state index contributed by atoms with van der Waals surface area (Å²) in [7, 11) is 1.67. The van der Waals surface area contributed by atoms with E-state index in [4.69, 9.17) is 17.0 Å². The third-order valence-corrected chi connectivity index (χ3v) is 6.01. The van der Waals surface area contributed by atoms with Crippen LogP contribution < -0.4 is 15.0 Å². The molecule has 7 heteroatoms. The van der Waals surface area contributed by atoms with Crippen LogP contribution in [0.3, 0.4) is 0 Å². The van der Waals surface area contributed by atoms with Crippen LogP contribution in [0.1, 0.15) is 29.0 Å². The van der Waals surface area contributed by atoms with Crippen LogP contribution in [0.4, 0.5) is 5.69 Å². The number of pyridine rings is 2. The van der Waals surface area contributed by atoms with Gasteiger partial charge in [0.25, 0.3) is 0 Å². The first kappa shape index (κ1) is 20.2. The molecular formula is C25H23N5OS. The molecule has 160 valence electrons. The lowest BCUT2D eigenvalue weighted by Crippen LogP contribution is -2.30. The van der Waals surface area contributed by atoms with Gasteiger partial charge in [0.1, 0.15) is 11.8 Å². The standard InChI is InChI=1S/C25H23N5OS/c1-31-20-11-9-19(10-12-20)30-24(23(28-25(30)32)21-7-2-3-14-27-21)22-8-5-15-29(22)17-18-6-4-13-26-16-18/h2-16,23-24H,17H2,1H3,(H,28,32)/t23-,24-/m1/s1. The molecule has 1 aromatic carbocycles. The molecular weight excluding hydrogens is 418 g/mol. The molecule has 0 bridgehead atoms. The number of ether oxygens (including phenoxy) is 1. The summed E-state index contributed by atoms with van der Waals surface area (Å²) in [4.78, 5) is 11.1. The Hall–Kier alpha value is -3.71. The van der Waals surface area contributed by atoms with E-state index >= 15 is 0 Å². The summed E-state index contributed by atoms with van der Waals surface area (Å²) in [5.74, 6) is 0.810. The highest BCUT2D eigenvalue weighted by molar-refractivity contribution is 7.80. The van der Waals surface area contributed by atoms with Gasteiger partial charge in [-0.1, -0.05) is 12.1 Å². The maximum Gasteiger partial charge on any atom is 0.174 e. The summed E-state index contributed by atoms with van der Waals surface area (Å²) in [6.45, 7) is 0.727. The molecule has 0 spiro atoms. The van der Waals surface area contributed by atoms with Crippen molar-refractivity contribution in [1.29, 1.82) is 0 Å². The molecule has 0 saturated carbocycles. The number of hydrogen-bond acceptors (Lipinski definition) is 4.